The number of ether oxygens (including phenoxy) is 1. The maximum Gasteiger partial charge on any atom is 0.226 e. The number of aromatic nitrogens is 2. The number of rotatable bonds is 9. The van der Waals surface area contributed by atoms with E-state index in [1.54, 1.807) is 13.3 Å². The topological polar surface area (TPSA) is 71.4 Å². The number of nitrogens with one attached hydrogen (secondary N) is 2. The number of thiocarbonyl (C=S) groups is 1. The number of hydrogen-bond donors (Lipinski definition) is 2. The Morgan fingerprint density at radius 1 is 1.15 bits per heavy atom. The number of anilines is 1. The molecule has 3 aromatic rings. The van der Waals surface area contributed by atoms with E-state index in [1.165, 1.54) is 17.0 Å². The number of hydrogen-bond acceptors (Lipinski definition) is 4. The second-order valence-electron chi connectivity index (χ2n) is 8.46. The average Bonchev–Trinajstić information content (AvgIpc) is 3.32. The second kappa shape index (κ2) is 10.8. The van der Waals surface area contributed by atoms with Gasteiger partial charge in [0.2, 0.25) is 5.91 Å². The zero-order chi connectivity index (χ0) is 24.1. The summed E-state index contributed by atoms with van der Waals surface area (Å²) in [5.41, 5.74) is 5.24. The number of para-hydroxylation sites is 1. The average molecular weight is 478 g/mol. The van der Waals surface area contributed by atoms with E-state index in [0.29, 0.717) is 24.7 Å². The molecule has 178 valence electrons. The number of carbonyl (C=O) groups excluding carboxylic acids is 1. The molecule has 3 heterocycles. The van der Waals surface area contributed by atoms with Crippen molar-refractivity contribution in [2.45, 2.75) is 38.9 Å². The maximum atomic E-state index is 12.7. The Morgan fingerprint density at radius 3 is 2.62 bits per heavy atom. The molecule has 0 radical (unpaired) electrons. The van der Waals surface area contributed by atoms with Crippen LogP contribution in [0.2, 0.25) is 0 Å². The third kappa shape index (κ3) is 5.13. The third-order valence-corrected chi connectivity index (χ3v) is 6.64. The van der Waals surface area contributed by atoms with Gasteiger partial charge in [0, 0.05) is 49.9 Å². The Balaban J connectivity index is 1.61. The first-order valence-electron chi connectivity index (χ1n) is 11.5. The van der Waals surface area contributed by atoms with E-state index in [9.17, 15) is 4.79 Å². The second-order valence-corrected chi connectivity index (χ2v) is 8.84. The highest BCUT2D eigenvalue weighted by Crippen LogP contribution is 2.40. The van der Waals surface area contributed by atoms with Crippen molar-refractivity contribution in [1.82, 2.24) is 19.8 Å². The van der Waals surface area contributed by atoms with Crippen molar-refractivity contribution in [1.29, 1.82) is 0 Å². The molecule has 0 spiro atoms. The molecule has 1 amide bonds. The molecule has 2 N–H and O–H groups in total. The van der Waals surface area contributed by atoms with Gasteiger partial charge in [0.25, 0.3) is 0 Å². The van der Waals surface area contributed by atoms with Crippen LogP contribution >= 0.6 is 12.2 Å². The molecule has 1 aromatic carbocycles. The van der Waals surface area contributed by atoms with Gasteiger partial charge in [-0.05, 0) is 62.0 Å². The summed E-state index contributed by atoms with van der Waals surface area (Å²) in [5.74, 6) is -0.0420. The normalized spacial score (nSPS) is 17.6. The summed E-state index contributed by atoms with van der Waals surface area (Å²) in [6.07, 6.45) is 2.12. The number of methoxy groups -OCH3 is 1. The highest BCUT2D eigenvalue weighted by atomic mass is 32.1. The van der Waals surface area contributed by atoms with E-state index < -0.39 is 0 Å². The van der Waals surface area contributed by atoms with Crippen molar-refractivity contribution in [2.24, 2.45) is 0 Å². The SMILES string of the molecule is COCCn1c(C)cc(C2C(c3ccccn3)NC(=S)N2CCC(=O)Nc2ccccc2)c1C. The predicted molar refractivity (Wildman–Crippen MR) is 138 cm³/mol. The minimum absolute atomic E-state index is 0.0420. The summed E-state index contributed by atoms with van der Waals surface area (Å²) in [4.78, 5) is 19.4. The minimum Gasteiger partial charge on any atom is -0.383 e. The summed E-state index contributed by atoms with van der Waals surface area (Å²) >= 11 is 5.76. The molecule has 1 aliphatic rings. The number of nitrogens with zero attached hydrogens (tertiary/aromatic N) is 3. The van der Waals surface area contributed by atoms with Gasteiger partial charge < -0.3 is 24.8 Å². The lowest BCUT2D eigenvalue weighted by molar-refractivity contribution is -0.116. The molecule has 1 aliphatic heterocycles. The predicted octanol–water partition coefficient (Wildman–Crippen LogP) is 4.15. The van der Waals surface area contributed by atoms with E-state index in [1.807, 2.05) is 48.5 Å². The zero-order valence-corrected chi connectivity index (χ0v) is 20.6. The van der Waals surface area contributed by atoms with Crippen LogP contribution in [-0.2, 0) is 16.1 Å². The zero-order valence-electron chi connectivity index (χ0n) is 19.8. The van der Waals surface area contributed by atoms with Crippen molar-refractivity contribution in [2.75, 3.05) is 25.6 Å². The first kappa shape index (κ1) is 23.9. The molecule has 34 heavy (non-hydrogen) atoms. The van der Waals surface area contributed by atoms with Crippen LogP contribution in [0.5, 0.6) is 0 Å². The maximum absolute atomic E-state index is 12.7. The van der Waals surface area contributed by atoms with Crippen LogP contribution in [0.25, 0.3) is 0 Å². The first-order chi connectivity index (χ1) is 16.5. The van der Waals surface area contributed by atoms with Crippen molar-refractivity contribution in [3.8, 4) is 0 Å². The van der Waals surface area contributed by atoms with E-state index in [0.717, 1.165) is 17.9 Å². The van der Waals surface area contributed by atoms with Gasteiger partial charge >= 0.3 is 0 Å². The van der Waals surface area contributed by atoms with E-state index >= 15 is 0 Å². The standard InChI is InChI=1S/C26H31N5O2S/c1-18-17-21(19(2)30(18)15-16-33-3)25-24(22-11-7-8-13-27-22)29-26(34)31(25)14-12-23(32)28-20-9-5-4-6-10-20/h4-11,13,17,24-25H,12,14-16H2,1-3H3,(H,28,32)(H,29,34). The highest BCUT2D eigenvalue weighted by Gasteiger charge is 2.41. The highest BCUT2D eigenvalue weighted by molar-refractivity contribution is 7.80. The molecule has 1 fully saturated rings. The Kier molecular flexibility index (Phi) is 7.59. The van der Waals surface area contributed by atoms with Crippen molar-refractivity contribution < 1.29 is 9.53 Å². The summed E-state index contributed by atoms with van der Waals surface area (Å²) in [7, 11) is 1.72. The first-order valence-corrected chi connectivity index (χ1v) is 11.9. The lowest BCUT2D eigenvalue weighted by Gasteiger charge is -2.28. The quantitative estimate of drug-likeness (QED) is 0.451. The van der Waals surface area contributed by atoms with Crippen LogP contribution in [0.1, 0.15) is 41.1 Å². The molecule has 1 saturated heterocycles. The number of aryl methyl sites for hydroxylation is 1. The van der Waals surface area contributed by atoms with Gasteiger partial charge in [0.1, 0.15) is 0 Å². The lowest BCUT2D eigenvalue weighted by atomic mass is 9.96. The van der Waals surface area contributed by atoms with Gasteiger partial charge in [0.15, 0.2) is 5.11 Å². The smallest absolute Gasteiger partial charge is 0.226 e. The molecule has 8 heteroatoms. The molecular weight excluding hydrogens is 446 g/mol. The van der Waals surface area contributed by atoms with Crippen molar-refractivity contribution in [3.05, 3.63) is 83.4 Å². The van der Waals surface area contributed by atoms with Gasteiger partial charge in [-0.2, -0.15) is 0 Å². The summed E-state index contributed by atoms with van der Waals surface area (Å²) in [5, 5.41) is 7.07. The van der Waals surface area contributed by atoms with Gasteiger partial charge in [-0.25, -0.2) is 0 Å². The van der Waals surface area contributed by atoms with Gasteiger partial charge in [-0.3, -0.25) is 9.78 Å². The molecule has 2 unspecified atom stereocenters. The number of pyridine rings is 1. The lowest BCUT2D eigenvalue weighted by Crippen LogP contribution is -2.33. The van der Waals surface area contributed by atoms with Crippen molar-refractivity contribution in [3.63, 3.8) is 0 Å². The third-order valence-electron chi connectivity index (χ3n) is 6.29. The van der Waals surface area contributed by atoms with Crippen molar-refractivity contribution >= 4 is 28.9 Å². The van der Waals surface area contributed by atoms with Crippen LogP contribution in [0.15, 0.2) is 60.8 Å². The summed E-state index contributed by atoms with van der Waals surface area (Å²) in [6.45, 7) is 6.17. The molecule has 2 aromatic heterocycles. The fourth-order valence-electron chi connectivity index (χ4n) is 4.61. The molecule has 4 rings (SSSR count). The largest absolute Gasteiger partial charge is 0.383 e. The Hall–Kier alpha value is -3.23. The molecule has 0 aliphatic carbocycles. The molecule has 7 nitrogen and oxygen atoms in total. The van der Waals surface area contributed by atoms with Crippen LogP contribution < -0.4 is 10.6 Å². The van der Waals surface area contributed by atoms with E-state index in [-0.39, 0.29) is 18.0 Å². The van der Waals surface area contributed by atoms with Gasteiger partial charge in [-0.15, -0.1) is 0 Å². The molecular formula is C26H31N5O2S. The fourth-order valence-corrected chi connectivity index (χ4v) is 4.94. The molecule has 0 saturated carbocycles. The van der Waals surface area contributed by atoms with E-state index in [4.69, 9.17) is 17.0 Å². The Bertz CT molecular complexity index is 1130. The summed E-state index contributed by atoms with van der Waals surface area (Å²) < 4.78 is 7.59. The van der Waals surface area contributed by atoms with Crippen LogP contribution in [-0.4, -0.2) is 45.7 Å². The van der Waals surface area contributed by atoms with E-state index in [2.05, 4.69) is 45.0 Å². The molecule has 0 bridgehead atoms. The Morgan fingerprint density at radius 2 is 1.91 bits per heavy atom. The number of amides is 1. The Labute approximate surface area is 206 Å². The number of carbonyl (C=O) groups is 1. The minimum atomic E-state index is -0.109. The van der Waals surface area contributed by atoms with Crippen LogP contribution in [0.3, 0.4) is 0 Å². The van der Waals surface area contributed by atoms with Gasteiger partial charge in [-0.1, -0.05) is 24.3 Å². The van der Waals surface area contributed by atoms with Crippen LogP contribution in [0, 0.1) is 13.8 Å². The van der Waals surface area contributed by atoms with Crippen LogP contribution in [0.4, 0.5) is 5.69 Å². The monoisotopic (exact) mass is 477 g/mol. The number of benzene rings is 1. The van der Waals surface area contributed by atoms with Gasteiger partial charge in [0.05, 0.1) is 24.4 Å². The fraction of sp³-hybridized carbons (Fsp3) is 0.346. The summed E-state index contributed by atoms with van der Waals surface area (Å²) in [6, 6.07) is 17.5. The molecule has 2 atom stereocenters.